The highest BCUT2D eigenvalue weighted by molar-refractivity contribution is 5.94. The van der Waals surface area contributed by atoms with Gasteiger partial charge in [-0.25, -0.2) is 9.97 Å². The summed E-state index contributed by atoms with van der Waals surface area (Å²) in [4.78, 5) is 34.9. The van der Waals surface area contributed by atoms with E-state index in [1.54, 1.807) is 36.7 Å². The lowest BCUT2D eigenvalue weighted by Gasteiger charge is -2.33. The van der Waals surface area contributed by atoms with Gasteiger partial charge in [0.25, 0.3) is 5.91 Å². The van der Waals surface area contributed by atoms with Gasteiger partial charge in [0.2, 0.25) is 11.9 Å². The molecule has 2 fully saturated rings. The molecule has 29 heavy (non-hydrogen) atoms. The molecule has 8 nitrogen and oxygen atoms in total. The number of amides is 2. The van der Waals surface area contributed by atoms with Crippen LogP contribution in [0.2, 0.25) is 0 Å². The lowest BCUT2D eigenvalue weighted by atomic mass is 10.1. The van der Waals surface area contributed by atoms with E-state index in [2.05, 4.69) is 25.5 Å². The van der Waals surface area contributed by atoms with Gasteiger partial charge in [0, 0.05) is 49.2 Å². The van der Waals surface area contributed by atoms with Gasteiger partial charge in [-0.1, -0.05) is 6.07 Å². The third kappa shape index (κ3) is 5.43. The molecule has 152 valence electrons. The molecule has 1 unspecified atom stereocenters. The van der Waals surface area contributed by atoms with Crippen molar-refractivity contribution in [1.82, 2.24) is 15.3 Å². The Morgan fingerprint density at radius 3 is 2.76 bits per heavy atom. The summed E-state index contributed by atoms with van der Waals surface area (Å²) in [6, 6.07) is 8.95. The molecule has 0 bridgehead atoms. The number of carbonyl (C=O) groups excluding carboxylic acids is 2. The van der Waals surface area contributed by atoms with Crippen LogP contribution < -0.4 is 20.3 Å². The Morgan fingerprint density at radius 2 is 1.97 bits per heavy atom. The van der Waals surface area contributed by atoms with Crippen LogP contribution in [0, 0.1) is 5.92 Å². The lowest BCUT2D eigenvalue weighted by molar-refractivity contribution is -0.124. The van der Waals surface area contributed by atoms with E-state index in [-0.39, 0.29) is 30.4 Å². The van der Waals surface area contributed by atoms with E-state index in [0.29, 0.717) is 23.9 Å². The molecule has 2 aliphatic rings. The highest BCUT2D eigenvalue weighted by Gasteiger charge is 2.29. The summed E-state index contributed by atoms with van der Waals surface area (Å²) >= 11 is 0. The fraction of sp³-hybridized carbons (Fsp3) is 0.429. The molecule has 1 aromatic heterocycles. The third-order valence-corrected chi connectivity index (χ3v) is 5.04. The Balaban J connectivity index is 1.25. The van der Waals surface area contributed by atoms with Crippen molar-refractivity contribution >= 4 is 23.5 Å². The Morgan fingerprint density at radius 1 is 1.14 bits per heavy atom. The second kappa shape index (κ2) is 8.89. The van der Waals surface area contributed by atoms with Crippen molar-refractivity contribution in [1.29, 1.82) is 0 Å². The maximum Gasteiger partial charge on any atom is 0.258 e. The molecule has 2 N–H and O–H groups in total. The van der Waals surface area contributed by atoms with Crippen LogP contribution in [-0.4, -0.2) is 47.5 Å². The summed E-state index contributed by atoms with van der Waals surface area (Å²) < 4.78 is 5.62. The Hall–Kier alpha value is -3.16. The molecule has 0 spiro atoms. The predicted octanol–water partition coefficient (Wildman–Crippen LogP) is 1.99. The molecule has 1 aromatic carbocycles. The lowest BCUT2D eigenvalue weighted by Crippen LogP contribution is -2.49. The number of aromatic nitrogens is 2. The van der Waals surface area contributed by atoms with Gasteiger partial charge < -0.3 is 20.3 Å². The van der Waals surface area contributed by atoms with Crippen LogP contribution in [0.1, 0.15) is 25.7 Å². The largest absolute Gasteiger partial charge is 0.484 e. The van der Waals surface area contributed by atoms with Crippen molar-refractivity contribution in [3.63, 3.8) is 0 Å². The molecule has 1 aliphatic carbocycles. The highest BCUT2D eigenvalue weighted by Crippen LogP contribution is 2.30. The van der Waals surface area contributed by atoms with Crippen molar-refractivity contribution in [2.45, 2.75) is 31.7 Å². The standard InChI is InChI=1S/C21H25N5O3/c27-19(24-17-5-2-11-26(13-17)21-22-9-3-10-23-21)14-29-18-6-1-4-16(12-18)25-20(28)15-7-8-15/h1,3-4,6,9-10,12,15,17H,2,5,7-8,11,13-14H2,(H,24,27)(H,25,28). The van der Waals surface area contributed by atoms with Crippen molar-refractivity contribution in [3.05, 3.63) is 42.7 Å². The van der Waals surface area contributed by atoms with Crippen LogP contribution in [-0.2, 0) is 9.59 Å². The van der Waals surface area contributed by atoms with Crippen LogP contribution in [0.15, 0.2) is 42.7 Å². The molecule has 1 saturated heterocycles. The zero-order valence-electron chi connectivity index (χ0n) is 16.2. The number of piperidine rings is 1. The van der Waals surface area contributed by atoms with E-state index < -0.39 is 0 Å². The summed E-state index contributed by atoms with van der Waals surface area (Å²) in [6.45, 7) is 1.49. The zero-order chi connectivity index (χ0) is 20.1. The molecule has 0 radical (unpaired) electrons. The normalized spacial score (nSPS) is 18.8. The summed E-state index contributed by atoms with van der Waals surface area (Å²) in [5.74, 6) is 1.26. The van der Waals surface area contributed by atoms with Crippen LogP contribution >= 0.6 is 0 Å². The molecule has 2 amide bonds. The van der Waals surface area contributed by atoms with Gasteiger partial charge in [0.1, 0.15) is 5.75 Å². The average molecular weight is 395 g/mol. The molecule has 2 heterocycles. The summed E-state index contributed by atoms with van der Waals surface area (Å²) in [7, 11) is 0. The maximum atomic E-state index is 12.3. The molecular formula is C21H25N5O3. The van der Waals surface area contributed by atoms with Gasteiger partial charge in [0.05, 0.1) is 0 Å². The second-order valence-electron chi connectivity index (χ2n) is 7.48. The van der Waals surface area contributed by atoms with Crippen molar-refractivity contribution in [3.8, 4) is 5.75 Å². The average Bonchev–Trinajstić information content (AvgIpc) is 3.59. The smallest absolute Gasteiger partial charge is 0.258 e. The fourth-order valence-electron chi connectivity index (χ4n) is 3.40. The predicted molar refractivity (Wildman–Crippen MR) is 109 cm³/mol. The number of benzene rings is 1. The van der Waals surface area contributed by atoms with Crippen molar-refractivity contribution < 1.29 is 14.3 Å². The van der Waals surface area contributed by atoms with E-state index in [1.807, 2.05) is 6.07 Å². The minimum Gasteiger partial charge on any atom is -0.484 e. The van der Waals surface area contributed by atoms with Crippen molar-refractivity contribution in [2.24, 2.45) is 5.92 Å². The van der Waals surface area contributed by atoms with E-state index in [4.69, 9.17) is 4.74 Å². The Kier molecular flexibility index (Phi) is 5.88. The first-order valence-corrected chi connectivity index (χ1v) is 10.0. The van der Waals surface area contributed by atoms with Crippen molar-refractivity contribution in [2.75, 3.05) is 29.9 Å². The van der Waals surface area contributed by atoms with Gasteiger partial charge in [-0.3, -0.25) is 9.59 Å². The fourth-order valence-corrected chi connectivity index (χ4v) is 3.40. The topological polar surface area (TPSA) is 96.4 Å². The molecule has 1 atom stereocenters. The minimum atomic E-state index is -0.168. The monoisotopic (exact) mass is 395 g/mol. The van der Waals surface area contributed by atoms with E-state index in [9.17, 15) is 9.59 Å². The number of anilines is 2. The minimum absolute atomic E-state index is 0.0350. The SMILES string of the molecule is O=C(COc1cccc(NC(=O)C2CC2)c1)NC1CCCN(c2ncccn2)C1. The quantitative estimate of drug-likeness (QED) is 0.744. The third-order valence-electron chi connectivity index (χ3n) is 5.04. The number of nitrogens with zero attached hydrogens (tertiary/aromatic N) is 3. The summed E-state index contributed by atoms with van der Waals surface area (Å²) in [5.41, 5.74) is 0.686. The number of hydrogen-bond donors (Lipinski definition) is 2. The second-order valence-corrected chi connectivity index (χ2v) is 7.48. The molecule has 4 rings (SSSR count). The van der Waals surface area contributed by atoms with Crippen LogP contribution in [0.3, 0.4) is 0 Å². The van der Waals surface area contributed by atoms with Crippen LogP contribution in [0.4, 0.5) is 11.6 Å². The van der Waals surface area contributed by atoms with Crippen LogP contribution in [0.5, 0.6) is 5.75 Å². The van der Waals surface area contributed by atoms with E-state index >= 15 is 0 Å². The Labute approximate surface area is 169 Å². The first kappa shape index (κ1) is 19.2. The maximum absolute atomic E-state index is 12.3. The molecular weight excluding hydrogens is 370 g/mol. The van der Waals surface area contributed by atoms with Crippen LogP contribution in [0.25, 0.3) is 0 Å². The van der Waals surface area contributed by atoms with Gasteiger partial charge in [-0.15, -0.1) is 0 Å². The van der Waals surface area contributed by atoms with E-state index in [1.165, 1.54) is 0 Å². The molecule has 8 heteroatoms. The first-order chi connectivity index (χ1) is 14.2. The molecule has 1 saturated carbocycles. The summed E-state index contributed by atoms with van der Waals surface area (Å²) in [6.07, 6.45) is 7.23. The van der Waals surface area contributed by atoms with Gasteiger partial charge >= 0.3 is 0 Å². The zero-order valence-corrected chi connectivity index (χ0v) is 16.2. The number of ether oxygens (including phenoxy) is 1. The van der Waals surface area contributed by atoms with Gasteiger partial charge in [-0.05, 0) is 43.9 Å². The Bertz CT molecular complexity index is 856. The van der Waals surface area contributed by atoms with Gasteiger partial charge in [-0.2, -0.15) is 0 Å². The molecule has 2 aromatic rings. The first-order valence-electron chi connectivity index (χ1n) is 10.0. The van der Waals surface area contributed by atoms with Gasteiger partial charge in [0.15, 0.2) is 6.61 Å². The number of rotatable bonds is 7. The molecule has 1 aliphatic heterocycles. The number of nitrogens with one attached hydrogen (secondary N) is 2. The number of carbonyl (C=O) groups is 2. The van der Waals surface area contributed by atoms with E-state index in [0.717, 1.165) is 32.2 Å². The summed E-state index contributed by atoms with van der Waals surface area (Å²) in [5, 5.41) is 5.91. The number of hydrogen-bond acceptors (Lipinski definition) is 6. The highest BCUT2D eigenvalue weighted by atomic mass is 16.5.